The second kappa shape index (κ2) is 10.8. The summed E-state index contributed by atoms with van der Waals surface area (Å²) in [5, 5.41) is 0.761. The number of aromatic nitrogens is 2. The summed E-state index contributed by atoms with van der Waals surface area (Å²) in [6, 6.07) is 13.4. The smallest absolute Gasteiger partial charge is 0.185 e. The van der Waals surface area contributed by atoms with Crippen LogP contribution in [0.3, 0.4) is 0 Å². The Morgan fingerprint density at radius 2 is 1.13 bits per heavy atom. The summed E-state index contributed by atoms with van der Waals surface area (Å²) in [4.78, 5) is 0. The van der Waals surface area contributed by atoms with E-state index in [0.29, 0.717) is 0 Å². The van der Waals surface area contributed by atoms with Gasteiger partial charge in [-0.25, -0.2) is 0 Å². The van der Waals surface area contributed by atoms with E-state index in [2.05, 4.69) is 85.6 Å². The van der Waals surface area contributed by atoms with Crippen LogP contribution in [-0.4, -0.2) is 4.57 Å². The normalized spacial score (nSPS) is 11.2. The first kappa shape index (κ1) is 22.6. The Morgan fingerprint density at radius 1 is 0.700 bits per heavy atom. The number of aryl methyl sites for hydroxylation is 4. The molecule has 0 bridgehead atoms. The average molecular weight is 424 g/mol. The molecule has 0 fully saturated rings. The summed E-state index contributed by atoms with van der Waals surface area (Å²) in [6.07, 6.45) is 13.1. The van der Waals surface area contributed by atoms with Crippen molar-refractivity contribution in [3.63, 3.8) is 0 Å². The van der Waals surface area contributed by atoms with Crippen LogP contribution >= 0.6 is 11.6 Å². The molecule has 0 N–H and O–H groups in total. The number of imidazole rings is 1. The number of para-hydroxylation sites is 2. The quantitative estimate of drug-likeness (QED) is 0.304. The summed E-state index contributed by atoms with van der Waals surface area (Å²) >= 11 is 7.11. The van der Waals surface area contributed by atoms with E-state index in [1.54, 1.807) is 0 Å². The fourth-order valence-corrected chi connectivity index (χ4v) is 4.78. The lowest BCUT2D eigenvalue weighted by Gasteiger charge is -2.13. The molecule has 3 rings (SSSR count). The molecule has 1 aromatic heterocycles. The maximum absolute atomic E-state index is 7.11. The average Bonchev–Trinajstić information content (AvgIpc) is 3.10. The molecule has 160 valence electrons. The molecule has 0 unspecified atom stereocenters. The van der Waals surface area contributed by atoms with E-state index >= 15 is 0 Å². The molecule has 2 nitrogen and oxygen atoms in total. The Labute approximate surface area is 187 Å². The van der Waals surface area contributed by atoms with Crippen LogP contribution in [0, 0.1) is 0 Å². The minimum absolute atomic E-state index is 0.761. The zero-order chi connectivity index (χ0) is 21.5. The van der Waals surface area contributed by atoms with Crippen molar-refractivity contribution in [3.05, 3.63) is 76.3 Å². The highest BCUT2D eigenvalue weighted by Crippen LogP contribution is 2.27. The van der Waals surface area contributed by atoms with Crippen molar-refractivity contribution in [2.45, 2.75) is 79.1 Å². The molecule has 0 saturated carbocycles. The zero-order valence-electron chi connectivity index (χ0n) is 19.0. The molecular formula is C27H36ClN2+. The molecule has 3 heteroatoms. The molecular weight excluding hydrogens is 388 g/mol. The highest BCUT2D eigenvalue weighted by atomic mass is 35.5. The summed E-state index contributed by atoms with van der Waals surface area (Å²) in [7, 11) is 0. The number of benzene rings is 2. The van der Waals surface area contributed by atoms with Gasteiger partial charge in [0, 0.05) is 11.6 Å². The minimum atomic E-state index is 0.761. The standard InChI is InChI=1S/C27H36ClN2/c1-5-11-21-15-9-16-22(12-6-2)25(21)29-19-20-30(27(29)28)26-23(13-7-3)17-10-18-24(26)14-8-4/h9-10,15-20H,5-8,11-14H2,1-4H3/q+1. The van der Waals surface area contributed by atoms with Crippen LogP contribution in [-0.2, 0) is 25.7 Å². The number of nitrogens with zero attached hydrogens (tertiary/aromatic N) is 2. The maximum Gasteiger partial charge on any atom is 0.365 e. The van der Waals surface area contributed by atoms with E-state index in [-0.39, 0.29) is 0 Å². The number of halogens is 1. The van der Waals surface area contributed by atoms with Gasteiger partial charge in [-0.05, 0) is 47.9 Å². The highest BCUT2D eigenvalue weighted by Gasteiger charge is 2.25. The van der Waals surface area contributed by atoms with Crippen molar-refractivity contribution in [2.24, 2.45) is 0 Å². The van der Waals surface area contributed by atoms with Crippen LogP contribution in [0.2, 0.25) is 5.28 Å². The predicted octanol–water partition coefficient (Wildman–Crippen LogP) is 7.22. The van der Waals surface area contributed by atoms with E-state index in [9.17, 15) is 0 Å². The molecule has 2 aromatic carbocycles. The van der Waals surface area contributed by atoms with E-state index in [0.717, 1.165) is 56.7 Å². The van der Waals surface area contributed by atoms with Crippen molar-refractivity contribution in [3.8, 4) is 11.4 Å². The molecule has 0 atom stereocenters. The topological polar surface area (TPSA) is 8.81 Å². The van der Waals surface area contributed by atoms with Gasteiger partial charge < -0.3 is 0 Å². The van der Waals surface area contributed by atoms with Crippen molar-refractivity contribution in [1.29, 1.82) is 0 Å². The third-order valence-electron chi connectivity index (χ3n) is 5.73. The van der Waals surface area contributed by atoms with Gasteiger partial charge in [-0.3, -0.25) is 0 Å². The Kier molecular flexibility index (Phi) is 8.16. The second-order valence-corrected chi connectivity index (χ2v) is 8.49. The third-order valence-corrected chi connectivity index (χ3v) is 6.09. The van der Waals surface area contributed by atoms with Crippen LogP contribution < -0.4 is 4.57 Å². The largest absolute Gasteiger partial charge is 0.365 e. The monoisotopic (exact) mass is 423 g/mol. The minimum Gasteiger partial charge on any atom is -0.185 e. The van der Waals surface area contributed by atoms with E-state index < -0.39 is 0 Å². The Hall–Kier alpha value is -2.06. The summed E-state index contributed by atoms with van der Waals surface area (Å²) in [6.45, 7) is 8.97. The lowest BCUT2D eigenvalue weighted by molar-refractivity contribution is -0.593. The Balaban J connectivity index is 2.20. The lowest BCUT2D eigenvalue weighted by atomic mass is 10.00. The van der Waals surface area contributed by atoms with Crippen LogP contribution in [0.4, 0.5) is 0 Å². The van der Waals surface area contributed by atoms with E-state index in [1.807, 2.05) is 0 Å². The molecule has 3 aromatic rings. The number of rotatable bonds is 10. The fraction of sp³-hybridized carbons (Fsp3) is 0.444. The van der Waals surface area contributed by atoms with Crippen LogP contribution in [0.5, 0.6) is 0 Å². The Bertz CT molecular complexity index is 845. The van der Waals surface area contributed by atoms with Crippen molar-refractivity contribution < 1.29 is 4.57 Å². The molecule has 1 heterocycles. The maximum atomic E-state index is 7.11. The second-order valence-electron chi connectivity index (χ2n) is 8.16. The molecule has 0 aliphatic rings. The zero-order valence-corrected chi connectivity index (χ0v) is 19.8. The van der Waals surface area contributed by atoms with E-state index in [1.165, 1.54) is 33.6 Å². The van der Waals surface area contributed by atoms with Gasteiger partial charge in [0.25, 0.3) is 0 Å². The predicted molar refractivity (Wildman–Crippen MR) is 128 cm³/mol. The fourth-order valence-electron chi connectivity index (χ4n) is 4.50. The van der Waals surface area contributed by atoms with Crippen molar-refractivity contribution >= 4 is 11.6 Å². The molecule has 30 heavy (non-hydrogen) atoms. The van der Waals surface area contributed by atoms with Gasteiger partial charge in [0.2, 0.25) is 0 Å². The molecule has 0 radical (unpaired) electrons. The lowest BCUT2D eigenvalue weighted by Crippen LogP contribution is -2.33. The SMILES string of the molecule is CCCc1cccc(CCC)c1-n1cc[n+](-c2c(CCC)cccc2CCC)c1Cl. The van der Waals surface area contributed by atoms with Gasteiger partial charge in [-0.1, -0.05) is 89.8 Å². The highest BCUT2D eigenvalue weighted by molar-refractivity contribution is 6.27. The van der Waals surface area contributed by atoms with Crippen molar-refractivity contribution in [1.82, 2.24) is 4.57 Å². The third kappa shape index (κ3) is 4.64. The van der Waals surface area contributed by atoms with Gasteiger partial charge >= 0.3 is 5.28 Å². The summed E-state index contributed by atoms with van der Waals surface area (Å²) in [5.74, 6) is 0. The van der Waals surface area contributed by atoms with Crippen molar-refractivity contribution in [2.75, 3.05) is 0 Å². The molecule has 0 saturated heterocycles. The first-order valence-corrected chi connectivity index (χ1v) is 12.0. The molecule has 0 spiro atoms. The molecule has 0 aliphatic carbocycles. The first-order valence-electron chi connectivity index (χ1n) is 11.7. The van der Waals surface area contributed by atoms with Gasteiger partial charge in [-0.2, -0.15) is 9.13 Å². The molecule has 0 aliphatic heterocycles. The Morgan fingerprint density at radius 3 is 1.60 bits per heavy atom. The van der Waals surface area contributed by atoms with Gasteiger partial charge in [0.1, 0.15) is 23.8 Å². The first-order chi connectivity index (χ1) is 14.7. The van der Waals surface area contributed by atoms with Crippen LogP contribution in [0.15, 0.2) is 48.8 Å². The number of hydrogen-bond acceptors (Lipinski definition) is 0. The molecule has 0 amide bonds. The summed E-state index contributed by atoms with van der Waals surface area (Å²) < 4.78 is 4.41. The van der Waals surface area contributed by atoms with Gasteiger partial charge in [0.05, 0.1) is 0 Å². The van der Waals surface area contributed by atoms with E-state index in [4.69, 9.17) is 11.6 Å². The van der Waals surface area contributed by atoms with Crippen LogP contribution in [0.1, 0.15) is 75.6 Å². The number of hydrogen-bond donors (Lipinski definition) is 0. The van der Waals surface area contributed by atoms with Gasteiger partial charge in [0.15, 0.2) is 0 Å². The van der Waals surface area contributed by atoms with Crippen LogP contribution in [0.25, 0.3) is 11.4 Å². The van der Waals surface area contributed by atoms with Gasteiger partial charge in [-0.15, -0.1) is 0 Å². The summed E-state index contributed by atoms with van der Waals surface area (Å²) in [5.41, 5.74) is 8.06.